The van der Waals surface area contributed by atoms with Crippen LogP contribution in [0.5, 0.6) is 0 Å². The summed E-state index contributed by atoms with van der Waals surface area (Å²) in [7, 11) is 0. The zero-order chi connectivity index (χ0) is 8.91. The quantitative estimate of drug-likeness (QED) is 0.555. The molecule has 0 aliphatic carbocycles. The number of rotatable bonds is 2. The van der Waals surface area contributed by atoms with Crippen molar-refractivity contribution in [1.29, 1.82) is 0 Å². The molecule has 0 radical (unpaired) electrons. The number of nitrogens with zero attached hydrogens (tertiary/aromatic N) is 1. The summed E-state index contributed by atoms with van der Waals surface area (Å²) in [6.45, 7) is 4.19. The lowest BCUT2D eigenvalue weighted by atomic mass is 10.3. The fourth-order valence-electron chi connectivity index (χ4n) is 0.310. The average molecular weight is 163 g/mol. The molecule has 0 N–H and O–H groups in total. The molecule has 1 nitrogen and oxygen atoms in total. The van der Waals surface area contributed by atoms with Gasteiger partial charge in [0.2, 0.25) is 0 Å². The molecule has 0 unspecified atom stereocenters. The molecule has 0 amide bonds. The van der Waals surface area contributed by atoms with E-state index in [4.69, 9.17) is 0 Å². The normalized spacial score (nSPS) is 14.0. The van der Waals surface area contributed by atoms with Gasteiger partial charge in [-0.05, 0) is 13.0 Å². The van der Waals surface area contributed by atoms with Gasteiger partial charge in [0.25, 0.3) is 0 Å². The van der Waals surface area contributed by atoms with Crippen LogP contribution in [0.2, 0.25) is 0 Å². The van der Waals surface area contributed by atoms with Crippen molar-refractivity contribution in [2.24, 2.45) is 4.99 Å². The number of aliphatic imine (C=N–C) groups is 1. The maximum atomic E-state index is 11.7. The predicted molar refractivity (Wildman–Crippen MR) is 38.5 cm³/mol. The van der Waals surface area contributed by atoms with Gasteiger partial charge in [0, 0.05) is 18.0 Å². The zero-order valence-corrected chi connectivity index (χ0v) is 6.02. The standard InChI is InChI=1S/C7H8F3N/c1-3-11-5-4-6(2)7(8,9)10/h3-5H,1H2,2H3/b6-4+,11-5-. The Morgan fingerprint density at radius 1 is 1.45 bits per heavy atom. The second kappa shape index (κ2) is 3.95. The van der Waals surface area contributed by atoms with Crippen molar-refractivity contribution in [3.63, 3.8) is 0 Å². The summed E-state index contributed by atoms with van der Waals surface area (Å²) in [6, 6.07) is 0. The fourth-order valence-corrected chi connectivity index (χ4v) is 0.310. The Morgan fingerprint density at radius 2 is 2.00 bits per heavy atom. The zero-order valence-electron chi connectivity index (χ0n) is 6.02. The lowest BCUT2D eigenvalue weighted by molar-refractivity contribution is -0.0911. The summed E-state index contributed by atoms with van der Waals surface area (Å²) in [5.41, 5.74) is -0.678. The third-order valence-electron chi connectivity index (χ3n) is 0.963. The van der Waals surface area contributed by atoms with Gasteiger partial charge in [-0.2, -0.15) is 13.2 Å². The molecule has 0 fully saturated rings. The molecule has 0 atom stereocenters. The number of allylic oxidation sites excluding steroid dienone is 2. The summed E-state index contributed by atoms with van der Waals surface area (Å²) < 4.78 is 35.2. The highest BCUT2D eigenvalue weighted by molar-refractivity contribution is 5.72. The largest absolute Gasteiger partial charge is 0.412 e. The Hall–Kier alpha value is -1.06. The first-order valence-corrected chi connectivity index (χ1v) is 2.86. The fraction of sp³-hybridized carbons (Fsp3) is 0.286. The number of hydrogen-bond acceptors (Lipinski definition) is 1. The van der Waals surface area contributed by atoms with E-state index in [2.05, 4.69) is 11.6 Å². The topological polar surface area (TPSA) is 12.4 Å². The first-order valence-electron chi connectivity index (χ1n) is 2.86. The van der Waals surface area contributed by atoms with Crippen LogP contribution in [0.1, 0.15) is 6.92 Å². The van der Waals surface area contributed by atoms with Crippen LogP contribution in [0.15, 0.2) is 29.4 Å². The molecule has 62 valence electrons. The molecule has 0 aliphatic rings. The van der Waals surface area contributed by atoms with Gasteiger partial charge in [0.1, 0.15) is 0 Å². The van der Waals surface area contributed by atoms with Gasteiger partial charge in [0.05, 0.1) is 0 Å². The number of hydrogen-bond donors (Lipinski definition) is 0. The molecule has 0 heterocycles. The first kappa shape index (κ1) is 9.94. The molecule has 0 saturated carbocycles. The Kier molecular flexibility index (Phi) is 3.57. The predicted octanol–water partition coefficient (Wildman–Crippen LogP) is 2.71. The molecule has 0 rings (SSSR count). The minimum atomic E-state index is -4.26. The number of alkyl halides is 3. The highest BCUT2D eigenvalue weighted by atomic mass is 19.4. The van der Waals surface area contributed by atoms with Crippen molar-refractivity contribution in [2.45, 2.75) is 13.1 Å². The van der Waals surface area contributed by atoms with Gasteiger partial charge < -0.3 is 0 Å². The van der Waals surface area contributed by atoms with Crippen LogP contribution < -0.4 is 0 Å². The molecular weight excluding hydrogens is 155 g/mol. The first-order chi connectivity index (χ1) is 4.98. The summed E-state index contributed by atoms with van der Waals surface area (Å²) in [5, 5.41) is 0. The minimum absolute atomic E-state index is 0.678. The summed E-state index contributed by atoms with van der Waals surface area (Å²) in [6.07, 6.45) is -1.15. The molecule has 0 aromatic carbocycles. The van der Waals surface area contributed by atoms with Gasteiger partial charge in [0.15, 0.2) is 0 Å². The van der Waals surface area contributed by atoms with Crippen LogP contribution in [-0.2, 0) is 0 Å². The van der Waals surface area contributed by atoms with Crippen molar-refractivity contribution in [3.8, 4) is 0 Å². The highest BCUT2D eigenvalue weighted by Gasteiger charge is 2.29. The maximum absolute atomic E-state index is 11.7. The Bertz CT molecular complexity index is 188. The van der Waals surface area contributed by atoms with Gasteiger partial charge >= 0.3 is 6.18 Å². The highest BCUT2D eigenvalue weighted by Crippen LogP contribution is 2.23. The number of halogens is 3. The van der Waals surface area contributed by atoms with Crippen LogP contribution in [-0.4, -0.2) is 12.4 Å². The second-order valence-electron chi connectivity index (χ2n) is 1.83. The minimum Gasteiger partial charge on any atom is -0.265 e. The third-order valence-corrected chi connectivity index (χ3v) is 0.963. The molecule has 0 aromatic heterocycles. The van der Waals surface area contributed by atoms with Crippen LogP contribution in [0.4, 0.5) is 13.2 Å². The van der Waals surface area contributed by atoms with Gasteiger partial charge in [-0.3, -0.25) is 4.99 Å². The molecular formula is C7H8F3N. The summed E-state index contributed by atoms with van der Waals surface area (Å²) >= 11 is 0. The molecule has 0 aromatic rings. The van der Waals surface area contributed by atoms with Crippen molar-refractivity contribution >= 4 is 6.21 Å². The van der Waals surface area contributed by atoms with Crippen LogP contribution in [0, 0.1) is 0 Å². The monoisotopic (exact) mass is 163 g/mol. The smallest absolute Gasteiger partial charge is 0.265 e. The lowest BCUT2D eigenvalue weighted by Crippen LogP contribution is -2.08. The average Bonchev–Trinajstić information content (AvgIpc) is 1.86. The van der Waals surface area contributed by atoms with Crippen molar-refractivity contribution < 1.29 is 13.2 Å². The molecule has 0 saturated heterocycles. The van der Waals surface area contributed by atoms with E-state index in [1.54, 1.807) is 0 Å². The molecule has 0 bridgehead atoms. The Morgan fingerprint density at radius 3 is 2.36 bits per heavy atom. The molecule has 4 heteroatoms. The summed E-state index contributed by atoms with van der Waals surface area (Å²) in [4.78, 5) is 3.39. The van der Waals surface area contributed by atoms with Crippen molar-refractivity contribution in [3.05, 3.63) is 24.4 Å². The van der Waals surface area contributed by atoms with E-state index in [1.807, 2.05) is 0 Å². The van der Waals surface area contributed by atoms with Crippen molar-refractivity contribution in [2.75, 3.05) is 0 Å². The van der Waals surface area contributed by atoms with E-state index >= 15 is 0 Å². The van der Waals surface area contributed by atoms with Gasteiger partial charge in [-0.25, -0.2) is 0 Å². The maximum Gasteiger partial charge on any atom is 0.412 e. The van der Waals surface area contributed by atoms with E-state index in [0.717, 1.165) is 19.2 Å². The second-order valence-corrected chi connectivity index (χ2v) is 1.83. The van der Waals surface area contributed by atoms with E-state index in [1.165, 1.54) is 6.20 Å². The third kappa shape index (κ3) is 4.36. The lowest BCUT2D eigenvalue weighted by Gasteiger charge is -2.03. The van der Waals surface area contributed by atoms with Gasteiger partial charge in [-0.1, -0.05) is 6.58 Å². The van der Waals surface area contributed by atoms with Crippen LogP contribution in [0.3, 0.4) is 0 Å². The SMILES string of the molecule is C=C/N=C\C=C(/C)C(F)(F)F. The van der Waals surface area contributed by atoms with Crippen LogP contribution in [0.25, 0.3) is 0 Å². The van der Waals surface area contributed by atoms with E-state index in [9.17, 15) is 13.2 Å². The Labute approximate surface area is 62.9 Å². The Balaban J connectivity index is 4.23. The molecule has 11 heavy (non-hydrogen) atoms. The van der Waals surface area contributed by atoms with Gasteiger partial charge in [-0.15, -0.1) is 0 Å². The summed E-state index contributed by atoms with van der Waals surface area (Å²) in [5.74, 6) is 0. The van der Waals surface area contributed by atoms with E-state index < -0.39 is 11.7 Å². The van der Waals surface area contributed by atoms with E-state index in [0.29, 0.717) is 0 Å². The molecule has 0 aliphatic heterocycles. The van der Waals surface area contributed by atoms with Crippen molar-refractivity contribution in [1.82, 2.24) is 0 Å². The molecule has 0 spiro atoms. The van der Waals surface area contributed by atoms with Crippen LogP contribution >= 0.6 is 0 Å². The van der Waals surface area contributed by atoms with E-state index in [-0.39, 0.29) is 0 Å².